The molecule has 5 nitrogen and oxygen atoms in total. The van der Waals surface area contributed by atoms with E-state index in [1.165, 1.54) is 5.56 Å². The first-order valence-corrected chi connectivity index (χ1v) is 9.63. The highest BCUT2D eigenvalue weighted by Crippen LogP contribution is 2.26. The Hall–Kier alpha value is -2.02. The fourth-order valence-electron chi connectivity index (χ4n) is 3.20. The summed E-state index contributed by atoms with van der Waals surface area (Å²) in [7, 11) is 0. The topological polar surface area (TPSA) is 45.4 Å². The van der Waals surface area contributed by atoms with Crippen LogP contribution in [0.15, 0.2) is 63.5 Å². The fraction of sp³-hybridized carbons (Fsp3) is 0.300. The van der Waals surface area contributed by atoms with Gasteiger partial charge in [-0.3, -0.25) is 9.80 Å². The Morgan fingerprint density at radius 2 is 1.46 bits per heavy atom. The second-order valence-corrected chi connectivity index (χ2v) is 7.37. The van der Waals surface area contributed by atoms with Gasteiger partial charge in [-0.15, -0.1) is 10.2 Å². The highest BCUT2D eigenvalue weighted by atomic mass is 79.9. The molecule has 0 radical (unpaired) electrons. The van der Waals surface area contributed by atoms with Crippen LogP contribution in [0.25, 0.3) is 11.5 Å². The average molecular weight is 413 g/mol. The van der Waals surface area contributed by atoms with E-state index in [4.69, 9.17) is 4.42 Å². The van der Waals surface area contributed by atoms with Gasteiger partial charge in [0, 0.05) is 37.2 Å². The van der Waals surface area contributed by atoms with Gasteiger partial charge < -0.3 is 4.42 Å². The predicted octanol–water partition coefficient (Wildman–Crippen LogP) is 3.82. The Morgan fingerprint density at radius 1 is 0.808 bits per heavy atom. The van der Waals surface area contributed by atoms with Crippen LogP contribution in [0.4, 0.5) is 0 Å². The van der Waals surface area contributed by atoms with Gasteiger partial charge in [0.25, 0.3) is 0 Å². The summed E-state index contributed by atoms with van der Waals surface area (Å²) in [5.41, 5.74) is 2.30. The molecule has 0 saturated carbocycles. The number of benzene rings is 2. The lowest BCUT2D eigenvalue weighted by atomic mass is 10.2. The Labute approximate surface area is 161 Å². The summed E-state index contributed by atoms with van der Waals surface area (Å²) >= 11 is 3.53. The van der Waals surface area contributed by atoms with Crippen LogP contribution in [-0.2, 0) is 13.1 Å². The van der Waals surface area contributed by atoms with Crippen molar-refractivity contribution < 1.29 is 4.42 Å². The van der Waals surface area contributed by atoms with Gasteiger partial charge in [0.2, 0.25) is 11.8 Å². The molecule has 26 heavy (non-hydrogen) atoms. The summed E-state index contributed by atoms with van der Waals surface area (Å²) in [6, 6.07) is 18.5. The second-order valence-electron chi connectivity index (χ2n) is 6.52. The molecular formula is C20H21BrN4O. The third-order valence-corrected chi connectivity index (χ3v) is 5.34. The van der Waals surface area contributed by atoms with Gasteiger partial charge in [0.05, 0.1) is 12.1 Å². The highest BCUT2D eigenvalue weighted by molar-refractivity contribution is 9.10. The van der Waals surface area contributed by atoms with Crippen LogP contribution in [-0.4, -0.2) is 46.2 Å². The van der Waals surface area contributed by atoms with Crippen LogP contribution in [0.1, 0.15) is 11.5 Å². The van der Waals surface area contributed by atoms with Gasteiger partial charge in [0.1, 0.15) is 0 Å². The Bertz CT molecular complexity index is 844. The van der Waals surface area contributed by atoms with Crippen molar-refractivity contribution in [2.24, 2.45) is 0 Å². The Kier molecular flexibility index (Phi) is 5.43. The molecule has 3 aromatic rings. The van der Waals surface area contributed by atoms with E-state index in [9.17, 15) is 0 Å². The van der Waals surface area contributed by atoms with Crippen molar-refractivity contribution in [3.63, 3.8) is 0 Å². The molecule has 1 aromatic heterocycles. The number of halogens is 1. The average Bonchev–Trinajstić information content (AvgIpc) is 3.13. The van der Waals surface area contributed by atoms with Gasteiger partial charge >= 0.3 is 0 Å². The summed E-state index contributed by atoms with van der Waals surface area (Å²) in [6.45, 7) is 5.86. The third kappa shape index (κ3) is 4.20. The minimum atomic E-state index is 0.565. The number of hydrogen-bond donors (Lipinski definition) is 0. The van der Waals surface area contributed by atoms with Gasteiger partial charge in [-0.05, 0) is 33.6 Å². The number of aromatic nitrogens is 2. The van der Waals surface area contributed by atoms with Crippen LogP contribution in [0.2, 0.25) is 0 Å². The third-order valence-electron chi connectivity index (χ3n) is 4.64. The molecule has 0 aliphatic carbocycles. The summed E-state index contributed by atoms with van der Waals surface area (Å²) in [6.07, 6.45) is 0. The van der Waals surface area contributed by atoms with E-state index in [2.05, 4.69) is 66.3 Å². The molecule has 4 rings (SSSR count). The van der Waals surface area contributed by atoms with Crippen LogP contribution >= 0.6 is 15.9 Å². The molecule has 2 heterocycles. The largest absolute Gasteiger partial charge is 0.419 e. The van der Waals surface area contributed by atoms with Crippen molar-refractivity contribution >= 4 is 15.9 Å². The summed E-state index contributed by atoms with van der Waals surface area (Å²) in [5.74, 6) is 1.24. The number of hydrogen-bond acceptors (Lipinski definition) is 5. The zero-order chi connectivity index (χ0) is 17.8. The van der Waals surface area contributed by atoms with Crippen molar-refractivity contribution in [3.05, 3.63) is 70.5 Å². The normalized spacial score (nSPS) is 16.0. The molecule has 1 aliphatic rings. The lowest BCUT2D eigenvalue weighted by molar-refractivity contribution is 0.114. The second kappa shape index (κ2) is 8.12. The standard InChI is InChI=1S/C20H21BrN4O/c21-18-9-5-4-8-17(18)20-23-22-19(26-20)15-25-12-10-24(11-13-25)14-16-6-2-1-3-7-16/h1-9H,10-15H2. The minimum absolute atomic E-state index is 0.565. The zero-order valence-electron chi connectivity index (χ0n) is 14.5. The lowest BCUT2D eigenvalue weighted by Crippen LogP contribution is -2.45. The molecule has 0 amide bonds. The molecule has 0 N–H and O–H groups in total. The molecule has 1 fully saturated rings. The summed E-state index contributed by atoms with van der Waals surface area (Å²) < 4.78 is 6.83. The van der Waals surface area contributed by atoms with E-state index in [1.54, 1.807) is 0 Å². The molecule has 1 aliphatic heterocycles. The smallest absolute Gasteiger partial charge is 0.248 e. The maximum absolute atomic E-state index is 5.87. The van der Waals surface area contributed by atoms with Crippen LogP contribution in [0.3, 0.4) is 0 Å². The molecule has 2 aromatic carbocycles. The van der Waals surface area contributed by atoms with Gasteiger partial charge in [-0.2, -0.15) is 0 Å². The molecule has 0 bridgehead atoms. The molecule has 6 heteroatoms. The molecule has 0 unspecified atom stereocenters. The quantitative estimate of drug-likeness (QED) is 0.637. The van der Waals surface area contributed by atoms with Crippen molar-refractivity contribution in [1.82, 2.24) is 20.0 Å². The Morgan fingerprint density at radius 3 is 2.19 bits per heavy atom. The van der Waals surface area contributed by atoms with E-state index in [0.29, 0.717) is 18.3 Å². The predicted molar refractivity (Wildman–Crippen MR) is 104 cm³/mol. The zero-order valence-corrected chi connectivity index (χ0v) is 16.1. The number of nitrogens with zero attached hydrogens (tertiary/aromatic N) is 4. The van der Waals surface area contributed by atoms with Crippen molar-refractivity contribution in [1.29, 1.82) is 0 Å². The maximum Gasteiger partial charge on any atom is 0.248 e. The summed E-state index contributed by atoms with van der Waals surface area (Å²) in [5, 5.41) is 8.42. The van der Waals surface area contributed by atoms with E-state index >= 15 is 0 Å². The van der Waals surface area contributed by atoms with Crippen molar-refractivity contribution in [2.45, 2.75) is 13.1 Å². The lowest BCUT2D eigenvalue weighted by Gasteiger charge is -2.33. The van der Waals surface area contributed by atoms with Gasteiger partial charge in [0.15, 0.2) is 0 Å². The first kappa shape index (κ1) is 17.4. The van der Waals surface area contributed by atoms with Crippen molar-refractivity contribution in [2.75, 3.05) is 26.2 Å². The molecule has 1 saturated heterocycles. The maximum atomic E-state index is 5.87. The van der Waals surface area contributed by atoms with Crippen LogP contribution < -0.4 is 0 Å². The molecule has 0 spiro atoms. The first-order valence-electron chi connectivity index (χ1n) is 8.84. The number of rotatable bonds is 5. The van der Waals surface area contributed by atoms with Gasteiger partial charge in [-0.25, -0.2) is 0 Å². The Balaban J connectivity index is 1.32. The van der Waals surface area contributed by atoms with Gasteiger partial charge in [-0.1, -0.05) is 42.5 Å². The minimum Gasteiger partial charge on any atom is -0.419 e. The molecular weight excluding hydrogens is 392 g/mol. The SMILES string of the molecule is Brc1ccccc1-c1nnc(CN2CCN(Cc3ccccc3)CC2)o1. The fourth-order valence-corrected chi connectivity index (χ4v) is 3.65. The number of piperazine rings is 1. The van der Waals surface area contributed by atoms with E-state index in [-0.39, 0.29) is 0 Å². The molecule has 134 valence electrons. The van der Waals surface area contributed by atoms with E-state index in [1.807, 2.05) is 24.3 Å². The van der Waals surface area contributed by atoms with Crippen LogP contribution in [0, 0.1) is 0 Å². The van der Waals surface area contributed by atoms with Crippen LogP contribution in [0.5, 0.6) is 0 Å². The molecule has 0 atom stereocenters. The van der Waals surface area contributed by atoms with E-state index in [0.717, 1.165) is 42.8 Å². The van der Waals surface area contributed by atoms with E-state index < -0.39 is 0 Å². The summed E-state index contributed by atoms with van der Waals surface area (Å²) in [4.78, 5) is 4.87. The monoisotopic (exact) mass is 412 g/mol. The highest BCUT2D eigenvalue weighted by Gasteiger charge is 2.19. The first-order chi connectivity index (χ1) is 12.8. The van der Waals surface area contributed by atoms with Crippen molar-refractivity contribution in [3.8, 4) is 11.5 Å².